The van der Waals surface area contributed by atoms with Crippen molar-refractivity contribution in [1.82, 2.24) is 4.31 Å². The van der Waals surface area contributed by atoms with Gasteiger partial charge < -0.3 is 9.64 Å². The molecule has 2 fully saturated rings. The van der Waals surface area contributed by atoms with Crippen LogP contribution in [-0.2, 0) is 26.1 Å². The molecule has 0 aliphatic carbocycles. The molecule has 2 heterocycles. The average Bonchev–Trinajstić information content (AvgIpc) is 2.97. The number of hydrogen-bond donors (Lipinski definition) is 0. The second-order valence-corrected chi connectivity index (χ2v) is 12.4. The summed E-state index contributed by atoms with van der Waals surface area (Å²) in [6.45, 7) is 0.849. The minimum Gasteiger partial charge on any atom is -0.381 e. The topological polar surface area (TPSA) is 84.0 Å². The molecule has 0 N–H and O–H groups in total. The molecule has 0 radical (unpaired) electrons. The van der Waals surface area contributed by atoms with Crippen molar-refractivity contribution in [2.75, 3.05) is 24.7 Å². The minimum atomic E-state index is -5.33. The SMILES string of the molecule is O=C(Cl)c1ccc(N(Cc2ccc(C3CCOCC3)cc2)C(=O)[C@H]2CCN2S(=O)(=O)c2c(F)c(F)c(F)c(F)c2F)cc1. The zero-order chi connectivity index (χ0) is 31.1. The van der Waals surface area contributed by atoms with Crippen molar-refractivity contribution in [3.05, 3.63) is 94.3 Å². The van der Waals surface area contributed by atoms with E-state index in [-0.39, 0.29) is 24.2 Å². The third-order valence-electron chi connectivity index (χ3n) is 7.68. The van der Waals surface area contributed by atoms with E-state index < -0.39 is 67.7 Å². The fraction of sp³-hybridized carbons (Fsp3) is 0.310. The number of ether oxygens (including phenoxy) is 1. The zero-order valence-electron chi connectivity index (χ0n) is 22.3. The third-order valence-corrected chi connectivity index (χ3v) is 9.82. The minimum absolute atomic E-state index is 0.0615. The Hall–Kier alpha value is -3.39. The van der Waals surface area contributed by atoms with Gasteiger partial charge in [-0.2, -0.15) is 4.31 Å². The van der Waals surface area contributed by atoms with Gasteiger partial charge in [0, 0.05) is 31.0 Å². The first-order valence-electron chi connectivity index (χ1n) is 13.2. The van der Waals surface area contributed by atoms with Crippen LogP contribution in [0.25, 0.3) is 0 Å². The molecular weight excluding hydrogens is 619 g/mol. The molecule has 0 saturated carbocycles. The molecular formula is C29H24ClF5N2O5S. The van der Waals surface area contributed by atoms with E-state index in [0.29, 0.717) is 29.0 Å². The quantitative estimate of drug-likeness (QED) is 0.137. The number of nitrogens with zero attached hydrogens (tertiary/aromatic N) is 2. The third kappa shape index (κ3) is 5.91. The van der Waals surface area contributed by atoms with E-state index in [2.05, 4.69) is 0 Å². The number of carbonyl (C=O) groups is 2. The van der Waals surface area contributed by atoms with Crippen LogP contribution in [0.15, 0.2) is 53.4 Å². The lowest BCUT2D eigenvalue weighted by Crippen LogP contribution is -2.59. The molecule has 228 valence electrons. The van der Waals surface area contributed by atoms with Crippen molar-refractivity contribution in [3.8, 4) is 0 Å². The molecule has 1 amide bonds. The Morgan fingerprint density at radius 2 is 1.40 bits per heavy atom. The maximum Gasteiger partial charge on any atom is 0.252 e. The highest BCUT2D eigenvalue weighted by molar-refractivity contribution is 7.89. The number of benzene rings is 3. The van der Waals surface area contributed by atoms with Crippen molar-refractivity contribution in [2.24, 2.45) is 0 Å². The first kappa shape index (κ1) is 31.0. The normalized spacial score (nSPS) is 17.9. The Bertz CT molecular complexity index is 1640. The molecule has 2 saturated heterocycles. The molecule has 2 aliphatic heterocycles. The fourth-order valence-electron chi connectivity index (χ4n) is 5.18. The number of hydrogen-bond acceptors (Lipinski definition) is 5. The monoisotopic (exact) mass is 642 g/mol. The van der Waals surface area contributed by atoms with Crippen LogP contribution in [0.5, 0.6) is 0 Å². The van der Waals surface area contributed by atoms with Crippen LogP contribution >= 0.6 is 11.6 Å². The van der Waals surface area contributed by atoms with Gasteiger partial charge in [0.25, 0.3) is 5.24 Å². The lowest BCUT2D eigenvalue weighted by atomic mass is 9.91. The van der Waals surface area contributed by atoms with Crippen molar-refractivity contribution >= 4 is 38.5 Å². The maximum absolute atomic E-state index is 14.5. The molecule has 2 aliphatic rings. The van der Waals surface area contributed by atoms with Gasteiger partial charge in [0.1, 0.15) is 6.04 Å². The lowest BCUT2D eigenvalue weighted by Gasteiger charge is -2.41. The number of rotatable bonds is 8. The summed E-state index contributed by atoms with van der Waals surface area (Å²) in [5.41, 5.74) is 2.14. The second kappa shape index (κ2) is 12.3. The van der Waals surface area contributed by atoms with Crippen LogP contribution in [0.1, 0.15) is 46.7 Å². The first-order valence-corrected chi connectivity index (χ1v) is 15.0. The standard InChI is InChI=1S/C29H24ClF5N2O5S/c30-28(38)19-5-7-20(8-6-19)36(15-16-1-3-17(4-2-16)18-10-13-42-14-11-18)29(39)21-9-12-37(21)43(40,41)27-25(34)23(32)22(31)24(33)26(27)35/h1-8,18,21H,9-15H2/t21-/m1/s1. The van der Waals surface area contributed by atoms with Crippen molar-refractivity contribution < 1.29 is 44.7 Å². The summed E-state index contributed by atoms with van der Waals surface area (Å²) >= 11 is 5.53. The average molecular weight is 643 g/mol. The molecule has 0 spiro atoms. The Morgan fingerprint density at radius 1 is 0.837 bits per heavy atom. The molecule has 1 atom stereocenters. The molecule has 0 unspecified atom stereocenters. The van der Waals surface area contributed by atoms with Crippen LogP contribution in [0.2, 0.25) is 0 Å². The van der Waals surface area contributed by atoms with Gasteiger partial charge in [-0.05, 0) is 72.2 Å². The predicted molar refractivity (Wildman–Crippen MR) is 146 cm³/mol. The first-order chi connectivity index (χ1) is 20.4. The van der Waals surface area contributed by atoms with Gasteiger partial charge in [0.05, 0.1) is 6.54 Å². The number of anilines is 1. The molecule has 43 heavy (non-hydrogen) atoms. The maximum atomic E-state index is 14.5. The van der Waals surface area contributed by atoms with Crippen LogP contribution in [0, 0.1) is 29.1 Å². The van der Waals surface area contributed by atoms with Crippen LogP contribution in [0.4, 0.5) is 27.6 Å². The highest BCUT2D eigenvalue weighted by atomic mass is 35.5. The van der Waals surface area contributed by atoms with Crippen LogP contribution in [0.3, 0.4) is 0 Å². The predicted octanol–water partition coefficient (Wildman–Crippen LogP) is 5.65. The number of sulfonamides is 1. The molecule has 5 rings (SSSR count). The van der Waals surface area contributed by atoms with Gasteiger partial charge in [-0.1, -0.05) is 24.3 Å². The molecule has 7 nitrogen and oxygen atoms in total. The van der Waals surface area contributed by atoms with Crippen LogP contribution in [-0.4, -0.2) is 49.7 Å². The van der Waals surface area contributed by atoms with E-state index in [9.17, 15) is 40.0 Å². The molecule has 0 bridgehead atoms. The largest absolute Gasteiger partial charge is 0.381 e. The Balaban J connectivity index is 1.46. The number of amides is 1. The van der Waals surface area contributed by atoms with Crippen molar-refractivity contribution in [1.29, 1.82) is 0 Å². The highest BCUT2D eigenvalue weighted by Gasteiger charge is 2.48. The van der Waals surface area contributed by atoms with Gasteiger partial charge in [0.2, 0.25) is 21.7 Å². The van der Waals surface area contributed by atoms with Crippen LogP contribution < -0.4 is 4.90 Å². The number of carbonyl (C=O) groups excluding carboxylic acids is 2. The summed E-state index contributed by atoms with van der Waals surface area (Å²) in [6, 6.07) is 11.5. The lowest BCUT2D eigenvalue weighted by molar-refractivity contribution is -0.125. The summed E-state index contributed by atoms with van der Waals surface area (Å²) in [7, 11) is -5.33. The zero-order valence-corrected chi connectivity index (χ0v) is 23.9. The second-order valence-electron chi connectivity index (χ2n) is 10.2. The van der Waals surface area contributed by atoms with Gasteiger partial charge in [0.15, 0.2) is 28.2 Å². The summed E-state index contributed by atoms with van der Waals surface area (Å²) < 4.78 is 102. The summed E-state index contributed by atoms with van der Waals surface area (Å²) in [4.78, 5) is 24.6. The molecule has 14 heteroatoms. The molecule has 0 aromatic heterocycles. The van der Waals surface area contributed by atoms with Gasteiger partial charge in [-0.25, -0.2) is 30.4 Å². The summed E-state index contributed by atoms with van der Waals surface area (Å²) in [5.74, 6) is -12.9. The van der Waals surface area contributed by atoms with E-state index in [1.54, 1.807) is 0 Å². The Kier molecular flexibility index (Phi) is 8.89. The van der Waals surface area contributed by atoms with Crippen molar-refractivity contribution in [3.63, 3.8) is 0 Å². The summed E-state index contributed by atoms with van der Waals surface area (Å²) in [5, 5.41) is -0.743. The fourth-order valence-corrected chi connectivity index (χ4v) is 7.05. The van der Waals surface area contributed by atoms with E-state index in [4.69, 9.17) is 16.3 Å². The van der Waals surface area contributed by atoms with Gasteiger partial charge in [-0.3, -0.25) is 9.59 Å². The molecule has 3 aromatic carbocycles. The van der Waals surface area contributed by atoms with Gasteiger partial charge >= 0.3 is 0 Å². The number of halogens is 6. The Labute approximate surface area is 248 Å². The van der Waals surface area contributed by atoms with E-state index in [0.717, 1.165) is 18.4 Å². The van der Waals surface area contributed by atoms with E-state index in [1.807, 2.05) is 24.3 Å². The van der Waals surface area contributed by atoms with E-state index in [1.165, 1.54) is 29.2 Å². The van der Waals surface area contributed by atoms with Crippen molar-refractivity contribution in [2.45, 2.75) is 42.7 Å². The molecule has 3 aromatic rings. The van der Waals surface area contributed by atoms with Gasteiger partial charge in [-0.15, -0.1) is 0 Å². The summed E-state index contributed by atoms with van der Waals surface area (Å²) in [6.07, 6.45) is 1.65. The highest BCUT2D eigenvalue weighted by Crippen LogP contribution is 2.35. The van der Waals surface area contributed by atoms with E-state index >= 15 is 0 Å². The Morgan fingerprint density at radius 3 is 1.91 bits per heavy atom. The smallest absolute Gasteiger partial charge is 0.252 e.